The first-order chi connectivity index (χ1) is 42.2. The number of hydrogen-bond donors (Lipinski definition) is 4. The average Bonchev–Trinajstić information content (AvgIpc) is 0.888. The Hall–Kier alpha value is 5.01. The monoisotopic (exact) mass is 2180 g/mol. The Morgan fingerprint density at radius 3 is 0.634 bits per heavy atom. The summed E-state index contributed by atoms with van der Waals surface area (Å²) >= 11 is 0. The minimum atomic E-state index is -1.02. The van der Waals surface area contributed by atoms with Crippen LogP contribution < -0.4 is 0 Å². The molecule has 19 nitrogen and oxygen atoms in total. The zero-order valence-corrected chi connectivity index (χ0v) is 80.0. The Labute approximate surface area is 704 Å². The van der Waals surface area contributed by atoms with E-state index in [9.17, 15) is 20.4 Å². The van der Waals surface area contributed by atoms with Crippen molar-refractivity contribution < 1.29 is 268 Å². The van der Waals surface area contributed by atoms with Crippen molar-refractivity contribution in [2.24, 2.45) is 76.9 Å². The maximum absolute atomic E-state index is 12.2. The first-order valence-corrected chi connectivity index (χ1v) is 35.8. The molecule has 532 valence electrons. The van der Waals surface area contributed by atoms with Gasteiger partial charge in [0.15, 0.2) is 44.0 Å². The number of aliphatic hydroxyl groups excluding tert-OH is 4. The van der Waals surface area contributed by atoms with E-state index in [4.69, 9.17) is 71.1 Å². The van der Waals surface area contributed by atoms with Gasteiger partial charge in [0.25, 0.3) is 0 Å². The SMILES string of the molecule is CCC1O[C@H](O[C@@H]2C(CC)O[C@@H](O[C@@H]3C(CC)O[C@@H](O[C@@H]4C(CC)O[C@@H](O[C@@H]5C(CC)O[C@H](O[C@@H]6C(CC)O[C@@H](O[C@@H]7C(CC)O[C@@H](O[C@@H]8C(CC)O[C@@H](C)C(O)[C@H]8C)C(C)[C@H]7C)C(O)C6C)C(C)C5C)C(O)[C@H]4C)C(C)[C@H]3C)C(O)C2C)C(C)C(C)[C@@H]1C.[Ac].[Ac].[Ac].[Ac]. The van der Waals surface area contributed by atoms with Crippen LogP contribution in [-0.4, -0.2) is 187 Å². The summed E-state index contributed by atoms with van der Waals surface area (Å²) in [5, 5.41) is 47.1. The van der Waals surface area contributed by atoms with Gasteiger partial charge in [0, 0.05) is 224 Å². The van der Waals surface area contributed by atoms with Gasteiger partial charge in [-0.2, -0.15) is 0 Å². The minimum Gasteiger partial charge on any atom is -0.390 e. The zero-order valence-electron chi connectivity index (χ0n) is 61.0. The summed E-state index contributed by atoms with van der Waals surface area (Å²) in [6.07, 6.45) is -8.28. The summed E-state index contributed by atoms with van der Waals surface area (Å²) in [5.41, 5.74) is 0. The second-order valence-electron chi connectivity index (χ2n) is 29.3. The number of ether oxygens (including phenoxy) is 15. The number of rotatable bonds is 22. The van der Waals surface area contributed by atoms with E-state index in [-0.39, 0.29) is 315 Å². The van der Waals surface area contributed by atoms with Crippen LogP contribution in [0.1, 0.15) is 204 Å². The molecule has 8 rings (SSSR count). The molecule has 0 amide bonds. The molecule has 4 N–H and O–H groups in total. The van der Waals surface area contributed by atoms with Gasteiger partial charge in [-0.15, -0.1) is 0 Å². The normalized spacial score (nSPS) is 51.3. The van der Waals surface area contributed by atoms with Gasteiger partial charge in [0.2, 0.25) is 0 Å². The molecule has 20 unspecified atom stereocenters. The number of aliphatic hydroxyl groups is 4. The first kappa shape index (κ1) is 90.4. The molecule has 8 aliphatic heterocycles. The smallest absolute Gasteiger partial charge is 0.184 e. The van der Waals surface area contributed by atoms with Crippen LogP contribution in [0.15, 0.2) is 0 Å². The largest absolute Gasteiger partial charge is 0.390 e. The molecule has 8 fully saturated rings. The van der Waals surface area contributed by atoms with Gasteiger partial charge in [0.1, 0.15) is 18.3 Å². The molecule has 0 saturated carbocycles. The third-order valence-corrected chi connectivity index (χ3v) is 23.9. The van der Waals surface area contributed by atoms with Crippen LogP contribution in [0.4, 0.5) is 0 Å². The van der Waals surface area contributed by atoms with E-state index in [0.29, 0.717) is 50.4 Å². The maximum atomic E-state index is 12.2. The quantitative estimate of drug-likeness (QED) is 0.0792. The Balaban J connectivity index is 0.00000461. The van der Waals surface area contributed by atoms with Crippen molar-refractivity contribution in [2.75, 3.05) is 0 Å². The fraction of sp³-hybridized carbons (Fsp3) is 1.00. The first-order valence-electron chi connectivity index (χ1n) is 35.8. The van der Waals surface area contributed by atoms with Gasteiger partial charge in [0.05, 0.1) is 104 Å². The fourth-order valence-corrected chi connectivity index (χ4v) is 16.3. The molecule has 0 aliphatic carbocycles. The van der Waals surface area contributed by atoms with E-state index in [1.54, 1.807) is 0 Å². The van der Waals surface area contributed by atoms with Crippen LogP contribution in [0, 0.1) is 253 Å². The predicted octanol–water partition coefficient (Wildman–Crippen LogP) is 10.5. The summed E-state index contributed by atoms with van der Waals surface area (Å²) in [6.45, 7) is 46.2. The van der Waals surface area contributed by atoms with E-state index in [0.717, 1.165) is 12.8 Å². The molecule has 40 atom stereocenters. The molecule has 0 spiro atoms. The molecule has 8 saturated heterocycles. The maximum Gasteiger partial charge on any atom is 0.184 e. The van der Waals surface area contributed by atoms with Crippen molar-refractivity contribution >= 4 is 0 Å². The third kappa shape index (κ3) is 20.0. The van der Waals surface area contributed by atoms with E-state index in [2.05, 4.69) is 118 Å². The van der Waals surface area contributed by atoms with Crippen molar-refractivity contribution in [3.8, 4) is 0 Å². The Morgan fingerprint density at radius 2 is 0.387 bits per heavy atom. The second kappa shape index (κ2) is 40.8. The van der Waals surface area contributed by atoms with Crippen LogP contribution in [0.25, 0.3) is 0 Å². The van der Waals surface area contributed by atoms with Gasteiger partial charge >= 0.3 is 0 Å². The molecule has 4 radical (unpaired) electrons. The Bertz CT molecular complexity index is 2120. The summed E-state index contributed by atoms with van der Waals surface area (Å²) in [4.78, 5) is 0. The van der Waals surface area contributed by atoms with E-state index in [1.807, 2.05) is 34.6 Å². The van der Waals surface area contributed by atoms with Gasteiger partial charge in [-0.05, 0) is 87.9 Å². The summed E-state index contributed by atoms with van der Waals surface area (Å²) in [7, 11) is 0. The molecule has 0 aromatic carbocycles. The molecule has 0 bridgehead atoms. The topological polar surface area (TPSA) is 219 Å². The summed E-state index contributed by atoms with van der Waals surface area (Å²) in [5.74, 6) is -0.555. The molecule has 8 aliphatic rings. The van der Waals surface area contributed by atoms with Gasteiger partial charge in [-0.1, -0.05) is 145 Å². The fourth-order valence-electron chi connectivity index (χ4n) is 16.3. The van der Waals surface area contributed by atoms with Crippen LogP contribution in [0.2, 0.25) is 0 Å². The van der Waals surface area contributed by atoms with Gasteiger partial charge in [-0.3, -0.25) is 0 Å². The Morgan fingerprint density at radius 1 is 0.204 bits per heavy atom. The Kier molecular flexibility index (Phi) is 39.7. The molecule has 8 heterocycles. The molecular formula is C70H126Ac4O19. The molecule has 23 heteroatoms. The van der Waals surface area contributed by atoms with Crippen molar-refractivity contribution in [1.29, 1.82) is 0 Å². The average molecular weight is 2180 g/mol. The van der Waals surface area contributed by atoms with Crippen LogP contribution in [0.5, 0.6) is 0 Å². The summed E-state index contributed by atoms with van der Waals surface area (Å²) in [6, 6.07) is 0. The minimum absolute atomic E-state index is 0. The van der Waals surface area contributed by atoms with E-state index >= 15 is 0 Å². The van der Waals surface area contributed by atoms with E-state index < -0.39 is 92.7 Å². The summed E-state index contributed by atoms with van der Waals surface area (Å²) < 4.78 is 101. The van der Waals surface area contributed by atoms with Crippen LogP contribution in [0.3, 0.4) is 0 Å². The molecule has 0 aromatic heterocycles. The van der Waals surface area contributed by atoms with Crippen molar-refractivity contribution in [3.05, 3.63) is 0 Å². The zero-order chi connectivity index (χ0) is 65.4. The second-order valence-corrected chi connectivity index (χ2v) is 29.3. The van der Waals surface area contributed by atoms with Crippen LogP contribution >= 0.6 is 0 Å². The van der Waals surface area contributed by atoms with E-state index in [1.165, 1.54) is 0 Å². The molecule has 93 heavy (non-hydrogen) atoms. The standard InChI is InChI=1S/C70H126O19.4Ac/c1-23-45-32(10)31(9)36(14)64(76-45)84-61-41(19)54(72)68(80-50(61)28-6)88-58-34(12)38(16)66(78-48(58)26-4)86-63-43(21)56(74)70(82-52(63)30-8)89-59-35(13)39(17)67(79-49(59)27-5)85-62-42(20)55(73)69(81-51(62)29-7)87-57-33(11)37(15)65(77-47(57)25-3)83-60-40(18)53(71)44(22)75-46(60)24-2;;;;/h31-74H,23-30H2,1-22H3;;;;/t31?,32-,33+,34+,35?,36?,37?,38?,39?,40+,41?,42?,43+,44-,45?,46?,47?,48?,49?,50?,51?,52?,53?,54?,55?,56?,57-,58-,59-,60-,61-,62-,63-,64+,65-,66-,67+,68-,69-,70-;;;;/m0..../s1. The number of hydrogen-bond acceptors (Lipinski definition) is 19. The third-order valence-electron chi connectivity index (χ3n) is 23.9. The van der Waals surface area contributed by atoms with Gasteiger partial charge < -0.3 is 91.5 Å². The van der Waals surface area contributed by atoms with Crippen molar-refractivity contribution in [3.63, 3.8) is 0 Å². The predicted molar refractivity (Wildman–Crippen MR) is 335 cm³/mol. The van der Waals surface area contributed by atoms with Crippen LogP contribution in [-0.2, 0) is 71.1 Å². The van der Waals surface area contributed by atoms with Crippen molar-refractivity contribution in [1.82, 2.24) is 0 Å². The van der Waals surface area contributed by atoms with Crippen molar-refractivity contribution in [2.45, 2.75) is 370 Å². The molecular weight excluding hydrogens is 2050 g/mol. The molecule has 0 aromatic rings. The van der Waals surface area contributed by atoms with Gasteiger partial charge in [-0.25, -0.2) is 0 Å².